The lowest BCUT2D eigenvalue weighted by molar-refractivity contribution is -0.386. The van der Waals surface area contributed by atoms with E-state index in [0.717, 1.165) is 0 Å². The normalized spacial score (nSPS) is 10.0. The molecule has 7 heteroatoms. The van der Waals surface area contributed by atoms with E-state index in [1.54, 1.807) is 6.92 Å². The summed E-state index contributed by atoms with van der Waals surface area (Å²) in [6.07, 6.45) is 1.45. The highest BCUT2D eigenvalue weighted by Crippen LogP contribution is 2.21. The van der Waals surface area contributed by atoms with Crippen molar-refractivity contribution in [2.24, 2.45) is 0 Å². The number of aryl methyl sites for hydroxylation is 1. The molecule has 0 atom stereocenters. The molecule has 0 radical (unpaired) electrons. The van der Waals surface area contributed by atoms with Crippen LogP contribution in [0.25, 0.3) is 0 Å². The van der Waals surface area contributed by atoms with Gasteiger partial charge in [0, 0.05) is 0 Å². The Labute approximate surface area is 97.8 Å². The predicted molar refractivity (Wildman–Crippen MR) is 59.5 cm³/mol. The fourth-order valence-electron chi connectivity index (χ4n) is 1.43. The topological polar surface area (TPSA) is 87.3 Å². The summed E-state index contributed by atoms with van der Waals surface area (Å²) in [6, 6.07) is 0. The second-order valence-electron chi connectivity index (χ2n) is 3.41. The van der Waals surface area contributed by atoms with Crippen molar-refractivity contribution in [1.29, 1.82) is 0 Å². The van der Waals surface area contributed by atoms with Gasteiger partial charge in [-0.15, -0.1) is 0 Å². The minimum Gasteiger partial charge on any atom is -0.460 e. The molecule has 0 aromatic carbocycles. The van der Waals surface area contributed by atoms with E-state index < -0.39 is 10.9 Å². The molecule has 0 aliphatic heterocycles. The monoisotopic (exact) mass is 239 g/mol. The minimum absolute atomic E-state index is 0.0680. The maximum Gasteiger partial charge on any atom is 0.328 e. The number of rotatable bonds is 5. The van der Waals surface area contributed by atoms with Gasteiger partial charge in [0.1, 0.15) is 24.5 Å². The van der Waals surface area contributed by atoms with E-state index in [1.807, 2.05) is 0 Å². The second-order valence-corrected chi connectivity index (χ2v) is 3.41. The predicted octanol–water partition coefficient (Wildman–Crippen LogP) is 1.14. The highest BCUT2D eigenvalue weighted by molar-refractivity contribution is 5.69. The van der Waals surface area contributed by atoms with Gasteiger partial charge in [0.15, 0.2) is 0 Å². The van der Waals surface area contributed by atoms with Crippen molar-refractivity contribution in [3.63, 3.8) is 0 Å². The first-order valence-electron chi connectivity index (χ1n) is 4.92. The highest BCUT2D eigenvalue weighted by atomic mass is 16.6. The number of ether oxygens (including phenoxy) is 1. The standard InChI is InChI=1S/C10H13N3O4/c1-4-5-17-9(14)6-12-8(3)10(13(15)16)7(2)11-12/h4H,1,5-6H2,2-3H3. The Hall–Kier alpha value is -2.18. The average molecular weight is 239 g/mol. The Kier molecular flexibility index (Phi) is 3.97. The molecule has 0 fully saturated rings. The third-order valence-electron chi connectivity index (χ3n) is 2.17. The largest absolute Gasteiger partial charge is 0.460 e. The lowest BCUT2D eigenvalue weighted by Crippen LogP contribution is -2.15. The summed E-state index contributed by atoms with van der Waals surface area (Å²) in [6.45, 7) is 6.44. The van der Waals surface area contributed by atoms with Crippen LogP contribution in [0, 0.1) is 24.0 Å². The van der Waals surface area contributed by atoms with E-state index in [-0.39, 0.29) is 24.5 Å². The minimum atomic E-state index is -0.511. The summed E-state index contributed by atoms with van der Waals surface area (Å²) < 4.78 is 6.03. The summed E-state index contributed by atoms with van der Waals surface area (Å²) in [4.78, 5) is 21.5. The molecule has 17 heavy (non-hydrogen) atoms. The van der Waals surface area contributed by atoms with Crippen molar-refractivity contribution in [3.05, 3.63) is 34.2 Å². The number of aromatic nitrogens is 2. The van der Waals surface area contributed by atoms with Crippen LogP contribution in [-0.2, 0) is 16.1 Å². The highest BCUT2D eigenvalue weighted by Gasteiger charge is 2.22. The number of carbonyl (C=O) groups is 1. The molecule has 0 N–H and O–H groups in total. The molecular formula is C10H13N3O4. The van der Waals surface area contributed by atoms with Crippen LogP contribution in [0.2, 0.25) is 0 Å². The number of nitrogens with zero attached hydrogens (tertiary/aromatic N) is 3. The van der Waals surface area contributed by atoms with Crippen molar-refractivity contribution >= 4 is 11.7 Å². The Bertz CT molecular complexity index is 464. The van der Waals surface area contributed by atoms with Crippen molar-refractivity contribution in [3.8, 4) is 0 Å². The quantitative estimate of drug-likeness (QED) is 0.333. The zero-order chi connectivity index (χ0) is 13.0. The summed E-state index contributed by atoms with van der Waals surface area (Å²) >= 11 is 0. The van der Waals surface area contributed by atoms with Gasteiger partial charge in [-0.3, -0.25) is 19.6 Å². The Morgan fingerprint density at radius 1 is 1.65 bits per heavy atom. The Morgan fingerprint density at radius 2 is 2.29 bits per heavy atom. The summed E-state index contributed by atoms with van der Waals surface area (Å²) in [7, 11) is 0. The molecule has 0 unspecified atom stereocenters. The van der Waals surface area contributed by atoms with Gasteiger partial charge in [0.05, 0.1) is 4.92 Å². The molecule has 1 heterocycles. The van der Waals surface area contributed by atoms with Gasteiger partial charge in [0.2, 0.25) is 0 Å². The average Bonchev–Trinajstić information content (AvgIpc) is 2.51. The first-order chi connectivity index (χ1) is 7.97. The second kappa shape index (κ2) is 5.24. The number of esters is 1. The van der Waals surface area contributed by atoms with Gasteiger partial charge in [-0.2, -0.15) is 5.10 Å². The van der Waals surface area contributed by atoms with Crippen molar-refractivity contribution in [1.82, 2.24) is 9.78 Å². The molecule has 0 spiro atoms. The van der Waals surface area contributed by atoms with Crippen LogP contribution in [0.15, 0.2) is 12.7 Å². The molecule has 1 rings (SSSR count). The zero-order valence-corrected chi connectivity index (χ0v) is 9.67. The Morgan fingerprint density at radius 3 is 2.76 bits per heavy atom. The van der Waals surface area contributed by atoms with Crippen LogP contribution in [-0.4, -0.2) is 27.3 Å². The number of carbonyl (C=O) groups excluding carboxylic acids is 1. The maximum atomic E-state index is 11.3. The Balaban J connectivity index is 2.86. The SMILES string of the molecule is C=CCOC(=O)Cn1nc(C)c([N+](=O)[O-])c1C. The first kappa shape index (κ1) is 12.9. The van der Waals surface area contributed by atoms with Crippen molar-refractivity contribution in [2.75, 3.05) is 6.61 Å². The van der Waals surface area contributed by atoms with Crippen LogP contribution in [0.3, 0.4) is 0 Å². The van der Waals surface area contributed by atoms with Gasteiger partial charge < -0.3 is 4.74 Å². The number of hydrogen-bond donors (Lipinski definition) is 0. The fourth-order valence-corrected chi connectivity index (χ4v) is 1.43. The van der Waals surface area contributed by atoms with Crippen LogP contribution >= 0.6 is 0 Å². The molecule has 0 aliphatic rings. The van der Waals surface area contributed by atoms with Gasteiger partial charge in [-0.25, -0.2) is 0 Å². The summed E-state index contributed by atoms with van der Waals surface area (Å²) in [5.41, 5.74) is 0.550. The van der Waals surface area contributed by atoms with E-state index in [1.165, 1.54) is 17.7 Å². The molecule has 92 valence electrons. The van der Waals surface area contributed by atoms with Crippen LogP contribution in [0.1, 0.15) is 11.4 Å². The summed E-state index contributed by atoms with van der Waals surface area (Å²) in [5, 5.41) is 14.7. The third-order valence-corrected chi connectivity index (χ3v) is 2.17. The van der Waals surface area contributed by atoms with E-state index in [4.69, 9.17) is 4.74 Å². The molecule has 0 saturated carbocycles. The number of hydrogen-bond acceptors (Lipinski definition) is 5. The van der Waals surface area contributed by atoms with Gasteiger partial charge in [0.25, 0.3) is 0 Å². The molecule has 0 aliphatic carbocycles. The molecule has 0 saturated heterocycles. The molecular weight excluding hydrogens is 226 g/mol. The van der Waals surface area contributed by atoms with E-state index in [9.17, 15) is 14.9 Å². The van der Waals surface area contributed by atoms with Crippen LogP contribution in [0.5, 0.6) is 0 Å². The third kappa shape index (κ3) is 2.90. The molecule has 0 bridgehead atoms. The van der Waals surface area contributed by atoms with Gasteiger partial charge >= 0.3 is 11.7 Å². The maximum absolute atomic E-state index is 11.3. The lowest BCUT2D eigenvalue weighted by atomic mass is 10.3. The van der Waals surface area contributed by atoms with Crippen molar-refractivity contribution in [2.45, 2.75) is 20.4 Å². The van der Waals surface area contributed by atoms with Crippen LogP contribution in [0.4, 0.5) is 5.69 Å². The van der Waals surface area contributed by atoms with Gasteiger partial charge in [-0.1, -0.05) is 12.7 Å². The van der Waals surface area contributed by atoms with E-state index in [0.29, 0.717) is 5.69 Å². The van der Waals surface area contributed by atoms with Crippen molar-refractivity contribution < 1.29 is 14.5 Å². The first-order valence-corrected chi connectivity index (χ1v) is 4.92. The molecule has 1 aromatic rings. The smallest absolute Gasteiger partial charge is 0.328 e. The zero-order valence-electron chi connectivity index (χ0n) is 9.67. The lowest BCUT2D eigenvalue weighted by Gasteiger charge is -2.03. The fraction of sp³-hybridized carbons (Fsp3) is 0.400. The van der Waals surface area contributed by atoms with Crippen LogP contribution < -0.4 is 0 Å². The van der Waals surface area contributed by atoms with E-state index in [2.05, 4.69) is 11.7 Å². The molecule has 1 aromatic heterocycles. The van der Waals surface area contributed by atoms with Gasteiger partial charge in [-0.05, 0) is 13.8 Å². The van der Waals surface area contributed by atoms with E-state index >= 15 is 0 Å². The number of nitro groups is 1. The molecule has 7 nitrogen and oxygen atoms in total. The molecule has 0 amide bonds. The summed E-state index contributed by atoms with van der Waals surface area (Å²) in [5.74, 6) is -0.509.